The van der Waals surface area contributed by atoms with Crippen molar-refractivity contribution in [3.05, 3.63) is 71.4 Å². The first-order valence-corrected chi connectivity index (χ1v) is 6.54. The van der Waals surface area contributed by atoms with Crippen LogP contribution in [0.1, 0.15) is 0 Å². The zero-order chi connectivity index (χ0) is 12.4. The van der Waals surface area contributed by atoms with Gasteiger partial charge in [-0.15, -0.1) is 0 Å². The molecule has 0 spiro atoms. The average molecular weight is 299 g/mol. The first-order chi connectivity index (χ1) is 8.84. The van der Waals surface area contributed by atoms with Gasteiger partial charge in [0, 0.05) is 11.1 Å². The summed E-state index contributed by atoms with van der Waals surface area (Å²) in [5.74, 6) is 0.897. The van der Waals surface area contributed by atoms with Gasteiger partial charge in [0.05, 0.1) is 0 Å². The van der Waals surface area contributed by atoms with E-state index in [1.54, 1.807) is 0 Å². The van der Waals surface area contributed by atoms with Gasteiger partial charge < -0.3 is 4.42 Å². The van der Waals surface area contributed by atoms with Gasteiger partial charge >= 0.3 is 0 Å². The first-order valence-electron chi connectivity index (χ1n) is 5.75. The van der Waals surface area contributed by atoms with Crippen LogP contribution in [0.3, 0.4) is 0 Å². The Balaban J connectivity index is 2.17. The Labute approximate surface area is 114 Å². The summed E-state index contributed by atoms with van der Waals surface area (Å²) in [6.07, 6.45) is 0. The lowest BCUT2D eigenvalue weighted by Crippen LogP contribution is -1.78. The molecule has 0 saturated heterocycles. The molecular formula is C16H11BrO. The molecule has 0 saturated carbocycles. The van der Waals surface area contributed by atoms with Gasteiger partial charge in [0.25, 0.3) is 0 Å². The summed E-state index contributed by atoms with van der Waals surface area (Å²) in [4.78, 5) is 0. The Kier molecular flexibility index (Phi) is 3.03. The van der Waals surface area contributed by atoms with Crippen LogP contribution < -0.4 is 0 Å². The summed E-state index contributed by atoms with van der Waals surface area (Å²) in [6.45, 7) is 0. The third kappa shape index (κ3) is 2.12. The molecule has 0 aliphatic carbocycles. The Morgan fingerprint density at radius 2 is 1.28 bits per heavy atom. The number of halogens is 1. The van der Waals surface area contributed by atoms with Gasteiger partial charge in [-0.3, -0.25) is 0 Å². The van der Waals surface area contributed by atoms with Crippen LogP contribution in [0.2, 0.25) is 0 Å². The van der Waals surface area contributed by atoms with E-state index in [1.165, 1.54) is 0 Å². The third-order valence-corrected chi connectivity index (χ3v) is 3.21. The van der Waals surface area contributed by atoms with E-state index in [2.05, 4.69) is 40.2 Å². The molecule has 0 bridgehead atoms. The average Bonchev–Trinajstić information content (AvgIpc) is 2.83. The largest absolute Gasteiger partial charge is 0.449 e. The lowest BCUT2D eigenvalue weighted by Gasteiger charge is -2.02. The van der Waals surface area contributed by atoms with E-state index >= 15 is 0 Å². The molecule has 18 heavy (non-hydrogen) atoms. The molecule has 2 aromatic carbocycles. The molecule has 1 nitrogen and oxygen atoms in total. The molecule has 88 valence electrons. The molecule has 0 aliphatic rings. The number of furan rings is 1. The Morgan fingerprint density at radius 1 is 0.722 bits per heavy atom. The second-order valence-electron chi connectivity index (χ2n) is 4.03. The zero-order valence-electron chi connectivity index (χ0n) is 9.64. The normalized spacial score (nSPS) is 10.5. The predicted octanol–water partition coefficient (Wildman–Crippen LogP) is 5.38. The molecular weight excluding hydrogens is 288 g/mol. The summed E-state index contributed by atoms with van der Waals surface area (Å²) in [5, 5.41) is 0. The highest BCUT2D eigenvalue weighted by Crippen LogP contribution is 2.36. The fourth-order valence-corrected chi connectivity index (χ4v) is 2.39. The van der Waals surface area contributed by atoms with Gasteiger partial charge in [-0.2, -0.15) is 0 Å². The quantitative estimate of drug-likeness (QED) is 0.619. The van der Waals surface area contributed by atoms with Gasteiger partial charge in [0.2, 0.25) is 0 Å². The maximum Gasteiger partial charge on any atom is 0.170 e. The van der Waals surface area contributed by atoms with E-state index in [-0.39, 0.29) is 0 Å². The van der Waals surface area contributed by atoms with Gasteiger partial charge in [-0.1, -0.05) is 60.7 Å². The van der Waals surface area contributed by atoms with Crippen LogP contribution in [0.15, 0.2) is 75.8 Å². The van der Waals surface area contributed by atoms with Crippen molar-refractivity contribution in [2.45, 2.75) is 0 Å². The highest BCUT2D eigenvalue weighted by atomic mass is 79.9. The summed E-state index contributed by atoms with van der Waals surface area (Å²) in [7, 11) is 0. The standard InChI is InChI=1S/C16H11BrO/c17-15-11-14(12-7-3-1-4-8-12)16(18-15)13-9-5-2-6-10-13/h1-11H. The minimum Gasteiger partial charge on any atom is -0.449 e. The maximum atomic E-state index is 5.77. The second-order valence-corrected chi connectivity index (χ2v) is 4.81. The van der Waals surface area contributed by atoms with Crippen molar-refractivity contribution in [2.75, 3.05) is 0 Å². The highest BCUT2D eigenvalue weighted by molar-refractivity contribution is 9.10. The van der Waals surface area contributed by atoms with Crippen LogP contribution >= 0.6 is 15.9 Å². The summed E-state index contributed by atoms with van der Waals surface area (Å²) < 4.78 is 6.52. The Bertz CT molecular complexity index is 584. The zero-order valence-corrected chi connectivity index (χ0v) is 11.2. The SMILES string of the molecule is Brc1cc(-c2ccccc2)c(-c2ccccc2)o1. The number of hydrogen-bond donors (Lipinski definition) is 0. The molecule has 3 aromatic rings. The van der Waals surface area contributed by atoms with Gasteiger partial charge in [0.15, 0.2) is 4.67 Å². The van der Waals surface area contributed by atoms with E-state index < -0.39 is 0 Å². The fraction of sp³-hybridized carbons (Fsp3) is 0. The van der Waals surface area contributed by atoms with Crippen molar-refractivity contribution in [2.24, 2.45) is 0 Å². The van der Waals surface area contributed by atoms with Gasteiger partial charge in [-0.25, -0.2) is 0 Å². The van der Waals surface area contributed by atoms with Crippen molar-refractivity contribution in [3.8, 4) is 22.5 Å². The predicted molar refractivity (Wildman–Crippen MR) is 77.3 cm³/mol. The first kappa shape index (κ1) is 11.3. The smallest absolute Gasteiger partial charge is 0.170 e. The fourth-order valence-electron chi connectivity index (χ4n) is 2.00. The minimum absolute atomic E-state index is 0.750. The molecule has 0 fully saturated rings. The van der Waals surface area contributed by atoms with Crippen molar-refractivity contribution >= 4 is 15.9 Å². The molecule has 0 aliphatic heterocycles. The van der Waals surface area contributed by atoms with E-state index in [1.807, 2.05) is 42.5 Å². The molecule has 0 radical (unpaired) electrons. The minimum atomic E-state index is 0.750. The number of benzene rings is 2. The van der Waals surface area contributed by atoms with Crippen molar-refractivity contribution in [1.82, 2.24) is 0 Å². The number of rotatable bonds is 2. The molecule has 0 unspecified atom stereocenters. The van der Waals surface area contributed by atoms with E-state index in [0.29, 0.717) is 0 Å². The van der Waals surface area contributed by atoms with Crippen LogP contribution in [-0.2, 0) is 0 Å². The summed E-state index contributed by atoms with van der Waals surface area (Å²) in [5.41, 5.74) is 3.35. The lowest BCUT2D eigenvalue weighted by atomic mass is 10.0. The van der Waals surface area contributed by atoms with Crippen LogP contribution in [-0.4, -0.2) is 0 Å². The van der Waals surface area contributed by atoms with Crippen molar-refractivity contribution < 1.29 is 4.42 Å². The van der Waals surface area contributed by atoms with E-state index in [4.69, 9.17) is 4.42 Å². The van der Waals surface area contributed by atoms with Crippen molar-refractivity contribution in [1.29, 1.82) is 0 Å². The monoisotopic (exact) mass is 298 g/mol. The van der Waals surface area contributed by atoms with Crippen LogP contribution in [0, 0.1) is 0 Å². The van der Waals surface area contributed by atoms with Crippen LogP contribution in [0.5, 0.6) is 0 Å². The Morgan fingerprint density at radius 3 is 1.89 bits per heavy atom. The second kappa shape index (κ2) is 4.83. The van der Waals surface area contributed by atoms with E-state index in [9.17, 15) is 0 Å². The number of hydrogen-bond acceptors (Lipinski definition) is 1. The maximum absolute atomic E-state index is 5.77. The highest BCUT2D eigenvalue weighted by Gasteiger charge is 2.13. The van der Waals surface area contributed by atoms with E-state index in [0.717, 1.165) is 27.1 Å². The van der Waals surface area contributed by atoms with Crippen LogP contribution in [0.25, 0.3) is 22.5 Å². The third-order valence-electron chi connectivity index (χ3n) is 2.82. The van der Waals surface area contributed by atoms with Crippen molar-refractivity contribution in [3.63, 3.8) is 0 Å². The Hall–Kier alpha value is -1.80. The molecule has 2 heteroatoms. The molecule has 0 amide bonds. The molecule has 0 N–H and O–H groups in total. The van der Waals surface area contributed by atoms with Crippen LogP contribution in [0.4, 0.5) is 0 Å². The summed E-state index contributed by atoms with van der Waals surface area (Å²) >= 11 is 3.41. The molecule has 1 aromatic heterocycles. The lowest BCUT2D eigenvalue weighted by molar-refractivity contribution is 0.556. The summed E-state index contributed by atoms with van der Waals surface area (Å²) in [6, 6.07) is 22.4. The van der Waals surface area contributed by atoms with Gasteiger partial charge in [0.1, 0.15) is 5.76 Å². The molecule has 3 rings (SSSR count). The molecule has 0 atom stereocenters. The topological polar surface area (TPSA) is 13.1 Å². The van der Waals surface area contributed by atoms with Gasteiger partial charge in [-0.05, 0) is 27.6 Å². The molecule has 1 heterocycles.